The van der Waals surface area contributed by atoms with Crippen molar-refractivity contribution >= 4 is 15.8 Å². The van der Waals surface area contributed by atoms with Crippen LogP contribution >= 0.6 is 0 Å². The molecular formula is C12H11F3O4S. The summed E-state index contributed by atoms with van der Waals surface area (Å²) in [7, 11) is -4.17. The lowest BCUT2D eigenvalue weighted by Gasteiger charge is -2.13. The fraction of sp³-hybridized carbons (Fsp3) is 0.417. The summed E-state index contributed by atoms with van der Waals surface area (Å²) in [5.41, 5.74) is -0.977. The van der Waals surface area contributed by atoms with E-state index in [0.29, 0.717) is 25.0 Å². The first-order valence-electron chi connectivity index (χ1n) is 5.78. The average molecular weight is 308 g/mol. The average Bonchev–Trinajstić information content (AvgIpc) is 3.11. The fourth-order valence-electron chi connectivity index (χ4n) is 1.97. The Labute approximate surface area is 113 Å². The highest BCUT2D eigenvalue weighted by Crippen LogP contribution is 2.39. The Hall–Kier alpha value is -1.57. The molecule has 0 saturated heterocycles. The van der Waals surface area contributed by atoms with Crippen LogP contribution in [0.15, 0.2) is 29.2 Å². The van der Waals surface area contributed by atoms with Gasteiger partial charge in [-0.25, -0.2) is 8.42 Å². The molecule has 0 aliphatic heterocycles. The van der Waals surface area contributed by atoms with Crippen LogP contribution in [0.2, 0.25) is 0 Å². The van der Waals surface area contributed by atoms with E-state index in [2.05, 4.69) is 0 Å². The van der Waals surface area contributed by atoms with Gasteiger partial charge in [-0.05, 0) is 43.0 Å². The van der Waals surface area contributed by atoms with E-state index in [4.69, 9.17) is 5.11 Å². The van der Waals surface area contributed by atoms with Crippen molar-refractivity contribution in [2.45, 2.75) is 29.2 Å². The van der Waals surface area contributed by atoms with Crippen molar-refractivity contribution in [2.24, 2.45) is 5.92 Å². The van der Waals surface area contributed by atoms with Crippen LogP contribution in [0.5, 0.6) is 0 Å². The molecule has 1 N–H and O–H groups in total. The van der Waals surface area contributed by atoms with Crippen molar-refractivity contribution in [1.29, 1.82) is 0 Å². The molecule has 4 nitrogen and oxygen atoms in total. The van der Waals surface area contributed by atoms with E-state index in [9.17, 15) is 26.4 Å². The number of carbonyl (C=O) groups is 1. The molecule has 0 bridgehead atoms. The summed E-state index contributed by atoms with van der Waals surface area (Å²) in [6, 6.07) is 2.88. The van der Waals surface area contributed by atoms with Crippen LogP contribution in [-0.4, -0.2) is 24.7 Å². The Balaban J connectivity index is 2.37. The highest BCUT2D eigenvalue weighted by molar-refractivity contribution is 7.92. The van der Waals surface area contributed by atoms with Gasteiger partial charge in [-0.1, -0.05) is 0 Å². The number of aliphatic carboxylic acids is 1. The number of carboxylic acid groups (broad SMARTS) is 1. The van der Waals surface area contributed by atoms with Gasteiger partial charge >= 0.3 is 12.1 Å². The molecule has 20 heavy (non-hydrogen) atoms. The molecule has 8 heteroatoms. The maximum atomic E-state index is 12.4. The number of alkyl halides is 3. The molecule has 2 rings (SSSR count). The van der Waals surface area contributed by atoms with Gasteiger partial charge in [-0.15, -0.1) is 0 Å². The Morgan fingerprint density at radius 1 is 1.20 bits per heavy atom. The maximum Gasteiger partial charge on any atom is 0.416 e. The number of carboxylic acids is 1. The monoisotopic (exact) mass is 308 g/mol. The molecule has 0 heterocycles. The van der Waals surface area contributed by atoms with Crippen molar-refractivity contribution in [1.82, 2.24) is 0 Å². The molecule has 1 aromatic carbocycles. The number of halogens is 3. The predicted molar refractivity (Wildman–Crippen MR) is 62.8 cm³/mol. The van der Waals surface area contributed by atoms with Crippen molar-refractivity contribution < 1.29 is 31.5 Å². The largest absolute Gasteiger partial charge is 0.480 e. The van der Waals surface area contributed by atoms with Gasteiger partial charge in [0, 0.05) is 0 Å². The van der Waals surface area contributed by atoms with Gasteiger partial charge < -0.3 is 5.11 Å². The van der Waals surface area contributed by atoms with Crippen LogP contribution in [0.3, 0.4) is 0 Å². The minimum absolute atomic E-state index is 0.398. The normalized spacial score (nSPS) is 17.8. The second-order valence-electron chi connectivity index (χ2n) is 4.66. The molecule has 1 unspecified atom stereocenters. The van der Waals surface area contributed by atoms with Crippen molar-refractivity contribution in [3.63, 3.8) is 0 Å². The smallest absolute Gasteiger partial charge is 0.416 e. The summed E-state index contributed by atoms with van der Waals surface area (Å²) in [6.45, 7) is 0. The van der Waals surface area contributed by atoms with Gasteiger partial charge in [0.15, 0.2) is 15.1 Å². The van der Waals surface area contributed by atoms with E-state index in [1.165, 1.54) is 0 Å². The van der Waals surface area contributed by atoms with E-state index in [1.54, 1.807) is 0 Å². The second-order valence-corrected chi connectivity index (χ2v) is 6.73. The highest BCUT2D eigenvalue weighted by atomic mass is 32.2. The summed E-state index contributed by atoms with van der Waals surface area (Å²) >= 11 is 0. The van der Waals surface area contributed by atoms with Crippen LogP contribution in [0.1, 0.15) is 18.4 Å². The number of hydrogen-bond acceptors (Lipinski definition) is 3. The molecular weight excluding hydrogens is 297 g/mol. The third-order valence-corrected chi connectivity index (χ3v) is 5.32. The molecule has 0 radical (unpaired) electrons. The molecule has 110 valence electrons. The van der Waals surface area contributed by atoms with E-state index in [0.717, 1.165) is 12.1 Å². The van der Waals surface area contributed by atoms with Crippen molar-refractivity contribution in [3.05, 3.63) is 29.8 Å². The molecule has 1 aliphatic carbocycles. The lowest BCUT2D eigenvalue weighted by molar-refractivity contribution is -0.138. The number of rotatable bonds is 4. The van der Waals surface area contributed by atoms with E-state index < -0.39 is 43.6 Å². The standard InChI is InChI=1S/C12H11F3O4S/c13-12(14,15)8-3-5-9(6-4-8)20(18,19)10(11(16)17)7-1-2-7/h3-7,10H,1-2H2,(H,16,17). The summed E-state index contributed by atoms with van der Waals surface area (Å²) < 4.78 is 61.5. The van der Waals surface area contributed by atoms with Gasteiger partial charge in [-0.3, -0.25) is 4.79 Å². The quantitative estimate of drug-likeness (QED) is 0.926. The number of hydrogen-bond donors (Lipinski definition) is 1. The fourth-order valence-corrected chi connectivity index (χ4v) is 3.82. The van der Waals surface area contributed by atoms with E-state index in [-0.39, 0.29) is 0 Å². The lowest BCUT2D eigenvalue weighted by atomic mass is 10.2. The molecule has 1 fully saturated rings. The van der Waals surface area contributed by atoms with Gasteiger partial charge in [0.05, 0.1) is 10.5 Å². The SMILES string of the molecule is O=C(O)C(C1CC1)S(=O)(=O)c1ccc(C(F)(F)F)cc1. The first-order chi connectivity index (χ1) is 9.14. The Morgan fingerprint density at radius 3 is 2.05 bits per heavy atom. The summed E-state index contributed by atoms with van der Waals surface area (Å²) in [4.78, 5) is 10.7. The number of benzene rings is 1. The van der Waals surface area contributed by atoms with Crippen molar-refractivity contribution in [3.8, 4) is 0 Å². The van der Waals surface area contributed by atoms with Gasteiger partial charge in [0.2, 0.25) is 0 Å². The third kappa shape index (κ3) is 2.79. The molecule has 0 amide bonds. The van der Waals surface area contributed by atoms with Crippen LogP contribution in [0.4, 0.5) is 13.2 Å². The van der Waals surface area contributed by atoms with Gasteiger partial charge in [0.25, 0.3) is 0 Å². The Morgan fingerprint density at radius 2 is 1.70 bits per heavy atom. The first kappa shape index (κ1) is 14.8. The van der Waals surface area contributed by atoms with Crippen LogP contribution < -0.4 is 0 Å². The third-order valence-electron chi connectivity index (χ3n) is 3.14. The molecule has 1 aliphatic rings. The second kappa shape index (κ2) is 4.76. The van der Waals surface area contributed by atoms with Crippen LogP contribution in [-0.2, 0) is 20.8 Å². The predicted octanol–water partition coefficient (Wildman–Crippen LogP) is 2.34. The maximum absolute atomic E-state index is 12.4. The molecule has 1 atom stereocenters. The molecule has 0 aromatic heterocycles. The summed E-state index contributed by atoms with van der Waals surface area (Å²) in [5.74, 6) is -1.92. The topological polar surface area (TPSA) is 71.4 Å². The zero-order valence-corrected chi connectivity index (χ0v) is 10.9. The lowest BCUT2D eigenvalue weighted by Crippen LogP contribution is -2.32. The minimum Gasteiger partial charge on any atom is -0.480 e. The Bertz CT molecular complexity index is 615. The first-order valence-corrected chi connectivity index (χ1v) is 7.32. The molecule has 0 spiro atoms. The van der Waals surface area contributed by atoms with Crippen molar-refractivity contribution in [2.75, 3.05) is 0 Å². The van der Waals surface area contributed by atoms with E-state index in [1.807, 2.05) is 0 Å². The van der Waals surface area contributed by atoms with Gasteiger partial charge in [-0.2, -0.15) is 13.2 Å². The summed E-state index contributed by atoms with van der Waals surface area (Å²) in [5, 5.41) is 7.42. The summed E-state index contributed by atoms with van der Waals surface area (Å²) in [6.07, 6.45) is -3.57. The Kier molecular flexibility index (Phi) is 3.53. The molecule has 1 saturated carbocycles. The van der Waals surface area contributed by atoms with Crippen LogP contribution in [0.25, 0.3) is 0 Å². The zero-order valence-electron chi connectivity index (χ0n) is 10.1. The minimum atomic E-state index is -4.56. The van der Waals surface area contributed by atoms with E-state index >= 15 is 0 Å². The zero-order chi connectivity index (χ0) is 15.1. The van der Waals surface area contributed by atoms with Gasteiger partial charge in [0.1, 0.15) is 0 Å². The molecule has 1 aromatic rings. The number of sulfone groups is 1. The van der Waals surface area contributed by atoms with Crippen LogP contribution in [0, 0.1) is 5.92 Å². The highest BCUT2D eigenvalue weighted by Gasteiger charge is 2.46.